The number of anilines is 1. The van der Waals surface area contributed by atoms with Crippen LogP contribution >= 0.6 is 0 Å². The molecule has 110 valence electrons. The van der Waals surface area contributed by atoms with Crippen LogP contribution < -0.4 is 10.5 Å². The first kappa shape index (κ1) is 15.9. The van der Waals surface area contributed by atoms with Crippen molar-refractivity contribution in [2.75, 3.05) is 12.3 Å². The number of alkyl halides is 3. The molecule has 0 fully saturated rings. The second kappa shape index (κ2) is 6.83. The van der Waals surface area contributed by atoms with Gasteiger partial charge in [0.1, 0.15) is 0 Å². The highest BCUT2D eigenvalue weighted by molar-refractivity contribution is 5.73. The van der Waals surface area contributed by atoms with Gasteiger partial charge in [-0.15, -0.1) is 13.2 Å². The third-order valence-corrected chi connectivity index (χ3v) is 2.16. The van der Waals surface area contributed by atoms with Gasteiger partial charge < -0.3 is 15.2 Å². The summed E-state index contributed by atoms with van der Waals surface area (Å²) in [5.41, 5.74) is 5.88. The van der Waals surface area contributed by atoms with Crippen LogP contribution in [0.5, 0.6) is 5.75 Å². The quantitative estimate of drug-likeness (QED) is 0.668. The lowest BCUT2D eigenvalue weighted by Crippen LogP contribution is -2.18. The van der Waals surface area contributed by atoms with Gasteiger partial charge in [0.05, 0.1) is 18.7 Å². The number of rotatable bonds is 5. The molecule has 1 aromatic rings. The Morgan fingerprint density at radius 1 is 1.40 bits per heavy atom. The summed E-state index contributed by atoms with van der Waals surface area (Å²) in [6.45, 7) is 1.99. The van der Waals surface area contributed by atoms with Crippen molar-refractivity contribution in [3.63, 3.8) is 0 Å². The third kappa shape index (κ3) is 5.64. The Bertz CT molecular complexity index is 498. The maximum absolute atomic E-state index is 12.0. The molecule has 0 spiro atoms. The van der Waals surface area contributed by atoms with E-state index in [0.717, 1.165) is 6.07 Å². The number of hydrogen-bond donors (Lipinski definition) is 1. The number of carbonyl (C=O) groups excluding carboxylic acids is 1. The Hall–Kier alpha value is -2.18. The van der Waals surface area contributed by atoms with Crippen LogP contribution in [0.2, 0.25) is 0 Å². The van der Waals surface area contributed by atoms with Crippen LogP contribution in [0, 0.1) is 0 Å². The first-order valence-corrected chi connectivity index (χ1v) is 5.79. The zero-order valence-electron chi connectivity index (χ0n) is 10.7. The molecule has 0 amide bonds. The molecule has 0 saturated carbocycles. The van der Waals surface area contributed by atoms with Gasteiger partial charge in [-0.1, -0.05) is 18.2 Å². The number of nitrogens with two attached hydrogens (primary N) is 1. The van der Waals surface area contributed by atoms with Crippen LogP contribution in [0.25, 0.3) is 6.08 Å². The van der Waals surface area contributed by atoms with Crippen LogP contribution in [-0.4, -0.2) is 18.9 Å². The molecule has 4 nitrogen and oxygen atoms in total. The number of benzene rings is 1. The van der Waals surface area contributed by atoms with Crippen LogP contribution in [0.1, 0.15) is 18.9 Å². The fraction of sp³-hybridized carbons (Fsp3) is 0.308. The topological polar surface area (TPSA) is 61.5 Å². The van der Waals surface area contributed by atoms with Crippen molar-refractivity contribution >= 4 is 17.7 Å². The summed E-state index contributed by atoms with van der Waals surface area (Å²) in [5, 5.41) is 0. The Kier molecular flexibility index (Phi) is 5.42. The van der Waals surface area contributed by atoms with E-state index in [1.165, 1.54) is 18.2 Å². The zero-order valence-corrected chi connectivity index (χ0v) is 10.7. The molecule has 0 heterocycles. The molecule has 0 radical (unpaired) electrons. The first-order valence-electron chi connectivity index (χ1n) is 5.79. The fourth-order valence-corrected chi connectivity index (χ4v) is 1.40. The molecular weight excluding hydrogens is 275 g/mol. The maximum atomic E-state index is 12.0. The number of halogens is 3. The third-order valence-electron chi connectivity index (χ3n) is 2.16. The summed E-state index contributed by atoms with van der Waals surface area (Å²) in [7, 11) is 0. The van der Waals surface area contributed by atoms with Crippen LogP contribution in [-0.2, 0) is 9.53 Å². The average molecular weight is 289 g/mol. The number of esters is 1. The lowest BCUT2D eigenvalue weighted by atomic mass is 10.1. The van der Waals surface area contributed by atoms with Crippen LogP contribution in [0.4, 0.5) is 18.9 Å². The largest absolute Gasteiger partial charge is 0.573 e. The summed E-state index contributed by atoms with van der Waals surface area (Å²) in [6, 6.07) is 3.84. The fourth-order valence-electron chi connectivity index (χ4n) is 1.40. The molecule has 20 heavy (non-hydrogen) atoms. The molecule has 0 aliphatic heterocycles. The van der Waals surface area contributed by atoms with Gasteiger partial charge in [0, 0.05) is 0 Å². The Balaban J connectivity index is 2.68. The van der Waals surface area contributed by atoms with Crippen LogP contribution in [0.3, 0.4) is 0 Å². The van der Waals surface area contributed by atoms with Crippen molar-refractivity contribution in [1.82, 2.24) is 0 Å². The monoisotopic (exact) mass is 289 g/mol. The minimum Gasteiger partial charge on any atom is -0.466 e. The molecule has 0 saturated heterocycles. The minimum absolute atomic E-state index is 0.0779. The molecule has 2 N–H and O–H groups in total. The Labute approximate surface area is 114 Å². The summed E-state index contributed by atoms with van der Waals surface area (Å²) < 4.78 is 44.6. The van der Waals surface area contributed by atoms with E-state index < -0.39 is 12.1 Å². The van der Waals surface area contributed by atoms with Crippen molar-refractivity contribution < 1.29 is 27.4 Å². The van der Waals surface area contributed by atoms with Gasteiger partial charge in [0.2, 0.25) is 0 Å². The van der Waals surface area contributed by atoms with E-state index in [-0.39, 0.29) is 18.1 Å². The van der Waals surface area contributed by atoms with E-state index in [1.807, 2.05) is 0 Å². The van der Waals surface area contributed by atoms with Gasteiger partial charge in [-0.2, -0.15) is 0 Å². The number of carbonyl (C=O) groups is 1. The summed E-state index contributed by atoms with van der Waals surface area (Å²) in [5.74, 6) is -0.839. The molecular formula is C13H14F3NO3. The van der Waals surface area contributed by atoms with E-state index in [1.54, 1.807) is 13.0 Å². The van der Waals surface area contributed by atoms with Crippen molar-refractivity contribution in [2.24, 2.45) is 0 Å². The van der Waals surface area contributed by atoms with Gasteiger partial charge in [0.15, 0.2) is 5.75 Å². The Morgan fingerprint density at radius 3 is 2.65 bits per heavy atom. The highest BCUT2D eigenvalue weighted by Gasteiger charge is 2.31. The molecule has 1 aromatic carbocycles. The van der Waals surface area contributed by atoms with Crippen LogP contribution in [0.15, 0.2) is 24.3 Å². The van der Waals surface area contributed by atoms with Gasteiger partial charge in [0.25, 0.3) is 0 Å². The molecule has 0 bridgehead atoms. The maximum Gasteiger partial charge on any atom is 0.573 e. The van der Waals surface area contributed by atoms with E-state index in [0.29, 0.717) is 12.2 Å². The first-order chi connectivity index (χ1) is 9.31. The molecule has 0 aliphatic rings. The lowest BCUT2D eigenvalue weighted by Gasteiger charge is -2.11. The van der Waals surface area contributed by atoms with Crippen molar-refractivity contribution in [2.45, 2.75) is 19.7 Å². The van der Waals surface area contributed by atoms with E-state index >= 15 is 0 Å². The number of hydrogen-bond acceptors (Lipinski definition) is 4. The molecule has 0 aromatic heterocycles. The SMILES string of the molecule is CCOC(=O)CC=Cc1ccc(OC(F)(F)F)c(N)c1. The summed E-state index contributed by atoms with van der Waals surface area (Å²) in [4.78, 5) is 11.1. The minimum atomic E-state index is -4.78. The predicted octanol–water partition coefficient (Wildman–Crippen LogP) is 3.13. The zero-order chi connectivity index (χ0) is 15.2. The highest BCUT2D eigenvalue weighted by atomic mass is 19.4. The molecule has 1 rings (SSSR count). The second-order valence-electron chi connectivity index (χ2n) is 3.76. The van der Waals surface area contributed by atoms with Crippen molar-refractivity contribution in [3.8, 4) is 5.75 Å². The highest BCUT2D eigenvalue weighted by Crippen LogP contribution is 2.29. The summed E-state index contributed by atoms with van der Waals surface area (Å²) in [6.07, 6.45) is -1.61. The van der Waals surface area contributed by atoms with Gasteiger partial charge in [-0.25, -0.2) is 0 Å². The predicted molar refractivity (Wildman–Crippen MR) is 67.8 cm³/mol. The Morgan fingerprint density at radius 2 is 2.10 bits per heavy atom. The van der Waals surface area contributed by atoms with Gasteiger partial charge in [-0.3, -0.25) is 4.79 Å². The molecule has 7 heteroatoms. The lowest BCUT2D eigenvalue weighted by molar-refractivity contribution is -0.274. The summed E-state index contributed by atoms with van der Waals surface area (Å²) >= 11 is 0. The number of nitrogen functional groups attached to an aromatic ring is 1. The standard InChI is InChI=1S/C13H14F3NO3/c1-2-19-12(18)5-3-4-9-6-7-11(10(17)8-9)20-13(14,15)16/h3-4,6-8H,2,5,17H2,1H3. The van der Waals surface area contributed by atoms with Gasteiger partial charge >= 0.3 is 12.3 Å². The molecule has 0 unspecified atom stereocenters. The van der Waals surface area contributed by atoms with Crippen molar-refractivity contribution in [1.29, 1.82) is 0 Å². The van der Waals surface area contributed by atoms with Crippen molar-refractivity contribution in [3.05, 3.63) is 29.8 Å². The van der Waals surface area contributed by atoms with E-state index in [4.69, 9.17) is 10.5 Å². The van der Waals surface area contributed by atoms with E-state index in [2.05, 4.69) is 4.74 Å². The molecule has 0 atom stereocenters. The second-order valence-corrected chi connectivity index (χ2v) is 3.76. The average Bonchev–Trinajstić information content (AvgIpc) is 2.31. The van der Waals surface area contributed by atoms with E-state index in [9.17, 15) is 18.0 Å². The molecule has 0 aliphatic carbocycles. The smallest absolute Gasteiger partial charge is 0.466 e. The van der Waals surface area contributed by atoms with Gasteiger partial charge in [-0.05, 0) is 24.6 Å². The normalized spacial score (nSPS) is 11.6. The number of ether oxygens (including phenoxy) is 2.